The average Bonchev–Trinajstić information content (AvgIpc) is 2.82. The van der Waals surface area contributed by atoms with Gasteiger partial charge in [-0.05, 0) is 19.8 Å². The zero-order valence-corrected chi connectivity index (χ0v) is 11.9. The maximum absolute atomic E-state index is 12.0. The van der Waals surface area contributed by atoms with Crippen LogP contribution in [0.25, 0.3) is 0 Å². The molecule has 4 N–H and O–H groups in total. The van der Waals surface area contributed by atoms with Crippen LogP contribution in [0.4, 0.5) is 5.69 Å². The van der Waals surface area contributed by atoms with Crippen LogP contribution in [0.2, 0.25) is 0 Å². The molecule has 108 valence electrons. The molecular formula is C13H24N4O2. The van der Waals surface area contributed by atoms with Crippen molar-refractivity contribution in [2.45, 2.75) is 40.2 Å². The summed E-state index contributed by atoms with van der Waals surface area (Å²) >= 11 is 0. The Morgan fingerprint density at radius 2 is 2.11 bits per heavy atom. The Morgan fingerprint density at radius 3 is 2.53 bits per heavy atom. The van der Waals surface area contributed by atoms with Gasteiger partial charge in [0, 0.05) is 24.7 Å². The number of hydrogen-bond acceptors (Lipinski definition) is 4. The number of anilines is 1. The Labute approximate surface area is 114 Å². The van der Waals surface area contributed by atoms with E-state index in [4.69, 9.17) is 5.73 Å². The number of amides is 1. The van der Waals surface area contributed by atoms with E-state index in [1.807, 2.05) is 20.8 Å². The highest BCUT2D eigenvalue weighted by Crippen LogP contribution is 2.24. The molecule has 1 amide bonds. The second-order valence-electron chi connectivity index (χ2n) is 4.84. The molecule has 0 bridgehead atoms. The number of hydrogen-bond donors (Lipinski definition) is 3. The molecule has 0 aliphatic carbocycles. The Kier molecular flexibility index (Phi) is 5.35. The minimum atomic E-state index is -0.288. The van der Waals surface area contributed by atoms with E-state index in [2.05, 4.69) is 10.4 Å². The van der Waals surface area contributed by atoms with Crippen molar-refractivity contribution in [2.75, 3.05) is 18.9 Å². The van der Waals surface area contributed by atoms with Gasteiger partial charge in [-0.1, -0.05) is 13.8 Å². The quantitative estimate of drug-likeness (QED) is 0.688. The highest BCUT2D eigenvalue weighted by Gasteiger charge is 2.26. The Bertz CT molecular complexity index is 416. The fourth-order valence-corrected chi connectivity index (χ4v) is 1.91. The highest BCUT2D eigenvalue weighted by molar-refractivity contribution is 5.97. The molecule has 1 heterocycles. The summed E-state index contributed by atoms with van der Waals surface area (Å²) in [7, 11) is 0. The lowest BCUT2D eigenvalue weighted by Gasteiger charge is -2.29. The number of aliphatic hydroxyl groups is 1. The predicted molar refractivity (Wildman–Crippen MR) is 74.7 cm³/mol. The lowest BCUT2D eigenvalue weighted by molar-refractivity contribution is 0.0847. The molecule has 0 aromatic carbocycles. The lowest BCUT2D eigenvalue weighted by Crippen LogP contribution is -2.39. The van der Waals surface area contributed by atoms with Gasteiger partial charge in [0.2, 0.25) is 0 Å². The first-order chi connectivity index (χ1) is 9.01. The van der Waals surface area contributed by atoms with Crippen molar-refractivity contribution in [1.29, 1.82) is 0 Å². The van der Waals surface area contributed by atoms with Gasteiger partial charge in [-0.25, -0.2) is 0 Å². The third-order valence-corrected chi connectivity index (χ3v) is 3.79. The van der Waals surface area contributed by atoms with Crippen molar-refractivity contribution < 1.29 is 9.90 Å². The summed E-state index contributed by atoms with van der Waals surface area (Å²) in [6, 6.07) is 0. The molecule has 0 radical (unpaired) electrons. The van der Waals surface area contributed by atoms with Crippen LogP contribution in [0.1, 0.15) is 44.1 Å². The number of carbonyl (C=O) groups excluding carboxylic acids is 1. The number of nitrogens with two attached hydrogens (primary N) is 1. The molecule has 0 unspecified atom stereocenters. The largest absolute Gasteiger partial charge is 0.396 e. The second kappa shape index (κ2) is 6.56. The van der Waals surface area contributed by atoms with Crippen LogP contribution in [0, 0.1) is 5.41 Å². The Morgan fingerprint density at radius 1 is 1.47 bits per heavy atom. The Hall–Kier alpha value is -1.56. The van der Waals surface area contributed by atoms with Crippen LogP contribution in [0.15, 0.2) is 6.20 Å². The van der Waals surface area contributed by atoms with E-state index >= 15 is 0 Å². The van der Waals surface area contributed by atoms with Crippen molar-refractivity contribution in [3.8, 4) is 0 Å². The Balaban J connectivity index is 2.71. The molecule has 0 fully saturated rings. The number of aliphatic hydroxyl groups excluding tert-OH is 1. The zero-order valence-electron chi connectivity index (χ0n) is 11.9. The molecule has 6 heteroatoms. The molecular weight excluding hydrogens is 244 g/mol. The second-order valence-corrected chi connectivity index (χ2v) is 4.84. The van der Waals surface area contributed by atoms with Crippen LogP contribution < -0.4 is 11.1 Å². The molecule has 0 saturated heterocycles. The fraction of sp³-hybridized carbons (Fsp3) is 0.692. The van der Waals surface area contributed by atoms with Gasteiger partial charge in [0.15, 0.2) is 5.69 Å². The van der Waals surface area contributed by atoms with Gasteiger partial charge in [-0.2, -0.15) is 5.10 Å². The summed E-state index contributed by atoms with van der Waals surface area (Å²) in [4.78, 5) is 12.0. The molecule has 0 saturated carbocycles. The first-order valence-corrected chi connectivity index (χ1v) is 6.73. The van der Waals surface area contributed by atoms with E-state index in [1.165, 1.54) is 0 Å². The van der Waals surface area contributed by atoms with Gasteiger partial charge >= 0.3 is 0 Å². The van der Waals surface area contributed by atoms with E-state index in [0.717, 1.165) is 12.8 Å². The van der Waals surface area contributed by atoms with Crippen molar-refractivity contribution >= 4 is 11.6 Å². The van der Waals surface area contributed by atoms with Crippen molar-refractivity contribution in [1.82, 2.24) is 15.1 Å². The summed E-state index contributed by atoms with van der Waals surface area (Å²) in [5.74, 6) is -0.288. The SMILES string of the molecule is CCn1cc(N)c(C(=O)NCC(CC)(CC)CO)n1. The maximum Gasteiger partial charge on any atom is 0.273 e. The van der Waals surface area contributed by atoms with Crippen LogP contribution in [0.5, 0.6) is 0 Å². The predicted octanol–water partition coefficient (Wildman–Crippen LogP) is 1.01. The lowest BCUT2D eigenvalue weighted by atomic mass is 9.83. The van der Waals surface area contributed by atoms with Crippen LogP contribution in [-0.4, -0.2) is 33.9 Å². The van der Waals surface area contributed by atoms with Crippen molar-refractivity contribution in [3.05, 3.63) is 11.9 Å². The standard InChI is InChI=1S/C13H24N4O2/c1-4-13(5-2,9-18)8-15-12(19)11-10(14)7-17(6-3)16-11/h7,18H,4-6,8-9,14H2,1-3H3,(H,15,19). The molecule has 1 aromatic rings. The fourth-order valence-electron chi connectivity index (χ4n) is 1.91. The number of nitrogens with zero attached hydrogens (tertiary/aromatic N) is 2. The maximum atomic E-state index is 12.0. The number of nitrogens with one attached hydrogen (secondary N) is 1. The van der Waals surface area contributed by atoms with E-state index in [1.54, 1.807) is 10.9 Å². The number of carbonyl (C=O) groups is 1. The van der Waals surface area contributed by atoms with Crippen molar-refractivity contribution in [3.63, 3.8) is 0 Å². The van der Waals surface area contributed by atoms with Gasteiger partial charge in [-0.3, -0.25) is 9.48 Å². The molecule has 19 heavy (non-hydrogen) atoms. The van der Waals surface area contributed by atoms with Gasteiger partial charge in [0.25, 0.3) is 5.91 Å². The van der Waals surface area contributed by atoms with Gasteiger partial charge < -0.3 is 16.2 Å². The summed E-state index contributed by atoms with van der Waals surface area (Å²) in [5.41, 5.74) is 6.12. The summed E-state index contributed by atoms with van der Waals surface area (Å²) < 4.78 is 1.63. The summed E-state index contributed by atoms with van der Waals surface area (Å²) in [6.45, 7) is 7.09. The van der Waals surface area contributed by atoms with Crippen LogP contribution in [-0.2, 0) is 6.54 Å². The van der Waals surface area contributed by atoms with E-state index < -0.39 is 0 Å². The summed E-state index contributed by atoms with van der Waals surface area (Å²) in [6.07, 6.45) is 3.26. The number of nitrogen functional groups attached to an aromatic ring is 1. The minimum Gasteiger partial charge on any atom is -0.396 e. The van der Waals surface area contributed by atoms with Crippen LogP contribution >= 0.6 is 0 Å². The highest BCUT2D eigenvalue weighted by atomic mass is 16.3. The zero-order chi connectivity index (χ0) is 14.5. The third-order valence-electron chi connectivity index (χ3n) is 3.79. The van der Waals surface area contributed by atoms with Gasteiger partial charge in [-0.15, -0.1) is 0 Å². The monoisotopic (exact) mass is 268 g/mol. The minimum absolute atomic E-state index is 0.0547. The first-order valence-electron chi connectivity index (χ1n) is 6.73. The summed E-state index contributed by atoms with van der Waals surface area (Å²) in [5, 5.41) is 16.4. The van der Waals surface area contributed by atoms with Crippen molar-refractivity contribution in [2.24, 2.45) is 5.41 Å². The topological polar surface area (TPSA) is 93.2 Å². The van der Waals surface area contributed by atoms with E-state index in [-0.39, 0.29) is 23.6 Å². The molecule has 6 nitrogen and oxygen atoms in total. The van der Waals surface area contributed by atoms with E-state index in [0.29, 0.717) is 18.8 Å². The molecule has 0 atom stereocenters. The normalized spacial score (nSPS) is 11.6. The van der Waals surface area contributed by atoms with Crippen LogP contribution in [0.3, 0.4) is 0 Å². The molecule has 0 aliphatic rings. The number of rotatable bonds is 7. The molecule has 1 rings (SSSR count). The average molecular weight is 268 g/mol. The number of aromatic nitrogens is 2. The number of aryl methyl sites for hydroxylation is 1. The van der Waals surface area contributed by atoms with Gasteiger partial charge in [0.1, 0.15) is 0 Å². The smallest absolute Gasteiger partial charge is 0.273 e. The van der Waals surface area contributed by atoms with E-state index in [9.17, 15) is 9.90 Å². The first kappa shape index (κ1) is 15.5. The third kappa shape index (κ3) is 3.47. The molecule has 0 spiro atoms. The molecule has 0 aliphatic heterocycles. The molecule has 1 aromatic heterocycles. The van der Waals surface area contributed by atoms with Gasteiger partial charge in [0.05, 0.1) is 12.3 Å².